The van der Waals surface area contributed by atoms with Gasteiger partial charge in [0.1, 0.15) is 0 Å². The maximum atomic E-state index is 12.4. The molecule has 1 saturated carbocycles. The Balaban J connectivity index is 1.52. The van der Waals surface area contributed by atoms with E-state index in [1.165, 1.54) is 6.42 Å². The first-order chi connectivity index (χ1) is 10.1. The van der Waals surface area contributed by atoms with Gasteiger partial charge in [0.05, 0.1) is 5.25 Å². The molecule has 0 unspecified atom stereocenters. The fourth-order valence-electron chi connectivity index (χ4n) is 3.26. The van der Waals surface area contributed by atoms with Crippen LogP contribution >= 0.6 is 11.3 Å². The van der Waals surface area contributed by atoms with E-state index in [2.05, 4.69) is 14.6 Å². The van der Waals surface area contributed by atoms with E-state index >= 15 is 0 Å². The molecule has 1 aliphatic heterocycles. The van der Waals surface area contributed by atoms with Gasteiger partial charge in [-0.05, 0) is 25.7 Å². The molecule has 2 aliphatic rings. The molecule has 2 heterocycles. The Labute approximate surface area is 130 Å². The number of anilines is 1. The zero-order valence-corrected chi connectivity index (χ0v) is 13.8. The van der Waals surface area contributed by atoms with Gasteiger partial charge < -0.3 is 4.90 Å². The lowest BCUT2D eigenvalue weighted by molar-refractivity contribution is 0.439. The summed E-state index contributed by atoms with van der Waals surface area (Å²) in [6.45, 7) is 1.76. The molecule has 3 rings (SSSR count). The van der Waals surface area contributed by atoms with E-state index in [9.17, 15) is 8.42 Å². The highest BCUT2D eigenvalue weighted by Gasteiger charge is 2.31. The third-order valence-electron chi connectivity index (χ3n) is 4.51. The molecule has 0 bridgehead atoms. The monoisotopic (exact) mass is 329 g/mol. The number of nitrogens with zero attached hydrogens (tertiary/aromatic N) is 2. The van der Waals surface area contributed by atoms with Gasteiger partial charge in [0.15, 0.2) is 5.13 Å². The molecule has 0 aromatic carbocycles. The average molecular weight is 329 g/mol. The van der Waals surface area contributed by atoms with Crippen molar-refractivity contribution in [1.82, 2.24) is 9.71 Å². The molecule has 7 heteroatoms. The minimum atomic E-state index is -3.14. The summed E-state index contributed by atoms with van der Waals surface area (Å²) in [6, 6.07) is 0.0909. The van der Waals surface area contributed by atoms with Gasteiger partial charge in [-0.3, -0.25) is 0 Å². The summed E-state index contributed by atoms with van der Waals surface area (Å²) in [4.78, 5) is 6.56. The maximum absolute atomic E-state index is 12.4. The normalized spacial score (nSPS) is 22.6. The molecule has 5 nitrogen and oxygen atoms in total. The maximum Gasteiger partial charge on any atom is 0.214 e. The molecule has 0 radical (unpaired) electrons. The third kappa shape index (κ3) is 3.76. The molecule has 1 N–H and O–H groups in total. The highest BCUT2D eigenvalue weighted by molar-refractivity contribution is 7.90. The van der Waals surface area contributed by atoms with Gasteiger partial charge in [0.2, 0.25) is 10.0 Å². The van der Waals surface area contributed by atoms with E-state index < -0.39 is 10.0 Å². The number of hydrogen-bond donors (Lipinski definition) is 1. The van der Waals surface area contributed by atoms with Crippen LogP contribution in [0.25, 0.3) is 0 Å². The van der Waals surface area contributed by atoms with Crippen molar-refractivity contribution in [2.75, 3.05) is 18.0 Å². The number of rotatable bonds is 4. The zero-order valence-electron chi connectivity index (χ0n) is 12.2. The molecular weight excluding hydrogens is 306 g/mol. The Hall–Kier alpha value is -0.660. The summed E-state index contributed by atoms with van der Waals surface area (Å²) in [6.07, 6.45) is 8.48. The van der Waals surface area contributed by atoms with Gasteiger partial charge in [0.25, 0.3) is 0 Å². The predicted octanol–water partition coefficient (Wildman–Crippen LogP) is 2.36. The summed E-state index contributed by atoms with van der Waals surface area (Å²) in [5.74, 6) is 0. The zero-order chi connectivity index (χ0) is 14.7. The topological polar surface area (TPSA) is 62.3 Å². The smallest absolute Gasteiger partial charge is 0.214 e. The van der Waals surface area contributed by atoms with E-state index in [4.69, 9.17) is 0 Å². The predicted molar refractivity (Wildman–Crippen MR) is 86.3 cm³/mol. The summed E-state index contributed by atoms with van der Waals surface area (Å²) in [5, 5.41) is 2.86. The molecule has 1 aromatic heterocycles. The second kappa shape index (κ2) is 6.62. The van der Waals surface area contributed by atoms with Crippen LogP contribution in [0.15, 0.2) is 11.6 Å². The molecule has 0 atom stereocenters. The second-order valence-electron chi connectivity index (χ2n) is 6.00. The Kier molecular flexibility index (Phi) is 4.81. The first-order valence-electron chi connectivity index (χ1n) is 7.81. The fraction of sp³-hybridized carbons (Fsp3) is 0.786. The van der Waals surface area contributed by atoms with Crippen LogP contribution < -0.4 is 9.62 Å². The lowest BCUT2D eigenvalue weighted by Crippen LogP contribution is -2.47. The van der Waals surface area contributed by atoms with Crippen molar-refractivity contribution < 1.29 is 8.42 Å². The Morgan fingerprint density at radius 1 is 1.14 bits per heavy atom. The standard InChI is InChI=1S/C14H23N3O2S2/c18-21(19,13-4-2-1-3-5-13)16-12-6-9-17(10-7-12)14-15-8-11-20-14/h8,11-13,16H,1-7,9-10H2. The summed E-state index contributed by atoms with van der Waals surface area (Å²) < 4.78 is 27.8. The van der Waals surface area contributed by atoms with Gasteiger partial charge in [0, 0.05) is 30.7 Å². The molecule has 1 saturated heterocycles. The van der Waals surface area contributed by atoms with Gasteiger partial charge in [-0.15, -0.1) is 11.3 Å². The van der Waals surface area contributed by atoms with Gasteiger partial charge in [-0.2, -0.15) is 0 Å². The molecule has 0 amide bonds. The van der Waals surface area contributed by atoms with Crippen LogP contribution in [0.2, 0.25) is 0 Å². The van der Waals surface area contributed by atoms with Crippen molar-refractivity contribution in [3.63, 3.8) is 0 Å². The quantitative estimate of drug-likeness (QED) is 0.921. The van der Waals surface area contributed by atoms with Crippen LogP contribution in [0.5, 0.6) is 0 Å². The largest absolute Gasteiger partial charge is 0.348 e. The summed E-state index contributed by atoms with van der Waals surface area (Å²) in [5.41, 5.74) is 0. The van der Waals surface area contributed by atoms with E-state index in [-0.39, 0.29) is 11.3 Å². The highest BCUT2D eigenvalue weighted by atomic mass is 32.2. The van der Waals surface area contributed by atoms with Crippen LogP contribution in [-0.2, 0) is 10.0 Å². The average Bonchev–Trinajstić information content (AvgIpc) is 3.03. The first-order valence-corrected chi connectivity index (χ1v) is 10.2. The fourth-order valence-corrected chi connectivity index (χ4v) is 5.81. The number of aromatic nitrogens is 1. The van der Waals surface area contributed by atoms with Crippen LogP contribution in [0.4, 0.5) is 5.13 Å². The van der Waals surface area contributed by atoms with Crippen LogP contribution in [-0.4, -0.2) is 37.8 Å². The first kappa shape index (κ1) is 15.2. The lowest BCUT2D eigenvalue weighted by atomic mass is 10.0. The minimum Gasteiger partial charge on any atom is -0.348 e. The minimum absolute atomic E-state index is 0.0909. The highest BCUT2D eigenvalue weighted by Crippen LogP contribution is 2.25. The molecule has 1 aliphatic carbocycles. The molecule has 1 aromatic rings. The van der Waals surface area contributed by atoms with Gasteiger partial charge in [-0.1, -0.05) is 19.3 Å². The number of thiazole rings is 1. The molecule has 21 heavy (non-hydrogen) atoms. The van der Waals surface area contributed by atoms with E-state index in [0.29, 0.717) is 0 Å². The van der Waals surface area contributed by atoms with E-state index in [1.54, 1.807) is 11.3 Å². The second-order valence-corrected chi connectivity index (χ2v) is 8.86. The lowest BCUT2D eigenvalue weighted by Gasteiger charge is -2.33. The van der Waals surface area contributed by atoms with Crippen LogP contribution in [0, 0.1) is 0 Å². The number of hydrogen-bond acceptors (Lipinski definition) is 5. The van der Waals surface area contributed by atoms with E-state index in [1.807, 2.05) is 11.6 Å². The Morgan fingerprint density at radius 3 is 2.48 bits per heavy atom. The number of piperidine rings is 1. The third-order valence-corrected chi connectivity index (χ3v) is 7.35. The van der Waals surface area contributed by atoms with Crippen molar-refractivity contribution in [3.05, 3.63) is 11.6 Å². The number of nitrogens with one attached hydrogen (secondary N) is 1. The van der Waals surface area contributed by atoms with Crippen molar-refractivity contribution in [1.29, 1.82) is 0 Å². The number of sulfonamides is 1. The Morgan fingerprint density at radius 2 is 1.86 bits per heavy atom. The summed E-state index contributed by atoms with van der Waals surface area (Å²) in [7, 11) is -3.14. The van der Waals surface area contributed by atoms with Crippen molar-refractivity contribution in [2.24, 2.45) is 0 Å². The molecule has 0 spiro atoms. The van der Waals surface area contributed by atoms with Gasteiger partial charge >= 0.3 is 0 Å². The van der Waals surface area contributed by atoms with Gasteiger partial charge in [-0.25, -0.2) is 18.1 Å². The Bertz CT molecular complexity index is 531. The molecule has 118 valence electrons. The van der Waals surface area contributed by atoms with Crippen LogP contribution in [0.3, 0.4) is 0 Å². The molecular formula is C14H23N3O2S2. The molecule has 2 fully saturated rings. The van der Waals surface area contributed by atoms with Crippen molar-refractivity contribution in [2.45, 2.75) is 56.2 Å². The van der Waals surface area contributed by atoms with E-state index in [0.717, 1.165) is 56.7 Å². The SMILES string of the molecule is O=S(=O)(NC1CCN(c2nccs2)CC1)C1CCCCC1. The summed E-state index contributed by atoms with van der Waals surface area (Å²) >= 11 is 1.64. The van der Waals surface area contributed by atoms with Crippen molar-refractivity contribution in [3.8, 4) is 0 Å². The van der Waals surface area contributed by atoms with Crippen LogP contribution in [0.1, 0.15) is 44.9 Å². The van der Waals surface area contributed by atoms with Crippen molar-refractivity contribution >= 4 is 26.5 Å².